The second-order valence-electron chi connectivity index (χ2n) is 7.36. The number of nitrogens with zero attached hydrogens (tertiary/aromatic N) is 2. The molecule has 1 aliphatic rings. The van der Waals surface area contributed by atoms with Gasteiger partial charge in [-0.2, -0.15) is 17.0 Å². The van der Waals surface area contributed by atoms with Crippen molar-refractivity contribution in [3.05, 3.63) is 0 Å². The van der Waals surface area contributed by atoms with Gasteiger partial charge in [0.1, 0.15) is 0 Å². The molecule has 0 radical (unpaired) electrons. The maximum absolute atomic E-state index is 9.50. The van der Waals surface area contributed by atoms with Gasteiger partial charge in [0.2, 0.25) is 0 Å². The summed E-state index contributed by atoms with van der Waals surface area (Å²) < 4.78 is 0. The summed E-state index contributed by atoms with van der Waals surface area (Å²) in [7, 11) is 2.24. The third kappa shape index (κ3) is 4.40. The van der Waals surface area contributed by atoms with E-state index in [2.05, 4.69) is 52.0 Å². The summed E-state index contributed by atoms with van der Waals surface area (Å²) in [5, 5.41) is 9.50. The van der Waals surface area contributed by atoms with Gasteiger partial charge in [-0.1, -0.05) is 27.7 Å². The Labute approximate surface area is 130 Å². The average Bonchev–Trinajstić information content (AvgIpc) is 2.42. The zero-order chi connectivity index (χ0) is 15.3. The molecule has 0 saturated heterocycles. The van der Waals surface area contributed by atoms with Crippen molar-refractivity contribution < 1.29 is 0 Å². The van der Waals surface area contributed by atoms with Crippen LogP contribution >= 0.6 is 11.8 Å². The number of thioether (sulfide) groups is 1. The fourth-order valence-corrected chi connectivity index (χ4v) is 4.38. The van der Waals surface area contributed by atoms with Gasteiger partial charge in [-0.3, -0.25) is 4.90 Å². The first-order valence-electron chi connectivity index (χ1n) is 7.95. The van der Waals surface area contributed by atoms with Crippen LogP contribution in [-0.4, -0.2) is 36.0 Å². The highest BCUT2D eigenvalue weighted by molar-refractivity contribution is 7.98. The van der Waals surface area contributed by atoms with E-state index in [-0.39, 0.29) is 5.92 Å². The van der Waals surface area contributed by atoms with Crippen LogP contribution in [-0.2, 0) is 0 Å². The molecule has 20 heavy (non-hydrogen) atoms. The fraction of sp³-hybridized carbons (Fsp3) is 0.941. The summed E-state index contributed by atoms with van der Waals surface area (Å²) >= 11 is 1.92. The smallest absolute Gasteiger partial charge is 0.0672 e. The van der Waals surface area contributed by atoms with E-state index in [0.717, 1.165) is 12.3 Å². The zero-order valence-electron chi connectivity index (χ0n) is 14.1. The van der Waals surface area contributed by atoms with E-state index in [4.69, 9.17) is 0 Å². The van der Waals surface area contributed by atoms with Crippen LogP contribution in [0.2, 0.25) is 0 Å². The number of nitriles is 1. The van der Waals surface area contributed by atoms with Crippen molar-refractivity contribution in [1.82, 2.24) is 4.90 Å². The highest BCUT2D eigenvalue weighted by Gasteiger charge is 2.38. The van der Waals surface area contributed by atoms with E-state index < -0.39 is 0 Å². The van der Waals surface area contributed by atoms with Crippen molar-refractivity contribution >= 4 is 11.8 Å². The van der Waals surface area contributed by atoms with Crippen molar-refractivity contribution in [2.75, 3.05) is 19.1 Å². The largest absolute Gasteiger partial charge is 0.298 e. The van der Waals surface area contributed by atoms with E-state index in [1.807, 2.05) is 11.8 Å². The molecule has 1 aliphatic carbocycles. The number of hydrogen-bond acceptors (Lipinski definition) is 3. The zero-order valence-corrected chi connectivity index (χ0v) is 15.0. The third-order valence-electron chi connectivity index (χ3n) is 5.14. The highest BCUT2D eigenvalue weighted by Crippen LogP contribution is 2.41. The van der Waals surface area contributed by atoms with Gasteiger partial charge in [0.15, 0.2) is 0 Å². The lowest BCUT2D eigenvalue weighted by Gasteiger charge is -2.45. The van der Waals surface area contributed by atoms with Crippen LogP contribution in [0.15, 0.2) is 0 Å². The Hall–Kier alpha value is -0.200. The SMILES string of the molecule is CCC(CSC)N(C)C1CC(C(C)(C)C)CCC1C#N. The van der Waals surface area contributed by atoms with Gasteiger partial charge < -0.3 is 0 Å². The van der Waals surface area contributed by atoms with Gasteiger partial charge in [0.25, 0.3) is 0 Å². The van der Waals surface area contributed by atoms with Gasteiger partial charge in [-0.25, -0.2) is 0 Å². The van der Waals surface area contributed by atoms with E-state index >= 15 is 0 Å². The number of rotatable bonds is 5. The molecule has 4 unspecified atom stereocenters. The van der Waals surface area contributed by atoms with Crippen molar-refractivity contribution in [3.63, 3.8) is 0 Å². The molecule has 0 N–H and O–H groups in total. The highest BCUT2D eigenvalue weighted by atomic mass is 32.2. The first kappa shape index (κ1) is 17.9. The molecule has 3 heteroatoms. The summed E-state index contributed by atoms with van der Waals surface area (Å²) in [5.74, 6) is 2.13. The van der Waals surface area contributed by atoms with E-state index in [9.17, 15) is 5.26 Å². The Morgan fingerprint density at radius 1 is 1.35 bits per heavy atom. The Balaban J connectivity index is 2.83. The average molecular weight is 297 g/mol. The Morgan fingerprint density at radius 2 is 2.00 bits per heavy atom. The monoisotopic (exact) mass is 296 g/mol. The molecular formula is C17H32N2S. The third-order valence-corrected chi connectivity index (χ3v) is 5.85. The van der Waals surface area contributed by atoms with Crippen LogP contribution in [0.3, 0.4) is 0 Å². The maximum atomic E-state index is 9.50. The topological polar surface area (TPSA) is 27.0 Å². The molecule has 0 aromatic carbocycles. The second-order valence-corrected chi connectivity index (χ2v) is 8.27. The van der Waals surface area contributed by atoms with Gasteiger partial charge in [0, 0.05) is 17.8 Å². The Kier molecular flexibility index (Phi) is 6.88. The predicted molar refractivity (Wildman–Crippen MR) is 89.9 cm³/mol. The quantitative estimate of drug-likeness (QED) is 0.751. The Bertz CT molecular complexity index is 329. The molecular weight excluding hydrogens is 264 g/mol. The van der Waals surface area contributed by atoms with Crippen molar-refractivity contribution in [1.29, 1.82) is 5.26 Å². The lowest BCUT2D eigenvalue weighted by atomic mass is 9.67. The summed E-state index contributed by atoms with van der Waals surface area (Å²) in [6.07, 6.45) is 6.82. The first-order chi connectivity index (χ1) is 9.35. The number of hydrogen-bond donors (Lipinski definition) is 0. The van der Waals surface area contributed by atoms with Crippen LogP contribution in [0, 0.1) is 28.6 Å². The van der Waals surface area contributed by atoms with Crippen molar-refractivity contribution in [2.24, 2.45) is 17.3 Å². The molecule has 4 atom stereocenters. The molecule has 116 valence electrons. The van der Waals surface area contributed by atoms with E-state index in [1.165, 1.54) is 25.0 Å². The molecule has 1 saturated carbocycles. The van der Waals surface area contributed by atoms with Gasteiger partial charge >= 0.3 is 0 Å². The standard InChI is InChI=1S/C17H32N2S/c1-7-15(12-20-6)19(5)16-10-14(17(2,3)4)9-8-13(16)11-18/h13-16H,7-10,12H2,1-6H3. The van der Waals surface area contributed by atoms with Gasteiger partial charge in [-0.15, -0.1) is 0 Å². The van der Waals surface area contributed by atoms with Crippen molar-refractivity contribution in [2.45, 2.75) is 65.5 Å². The Morgan fingerprint density at radius 3 is 2.45 bits per heavy atom. The molecule has 1 fully saturated rings. The molecule has 0 aliphatic heterocycles. The minimum absolute atomic E-state index is 0.217. The lowest BCUT2D eigenvalue weighted by molar-refractivity contribution is 0.0557. The molecule has 0 aromatic rings. The second kappa shape index (κ2) is 7.71. The summed E-state index contributed by atoms with van der Waals surface area (Å²) in [4.78, 5) is 2.52. The fourth-order valence-electron chi connectivity index (χ4n) is 3.52. The molecule has 0 spiro atoms. The van der Waals surface area contributed by atoms with Crippen LogP contribution in [0.4, 0.5) is 0 Å². The van der Waals surface area contributed by atoms with E-state index in [1.54, 1.807) is 0 Å². The van der Waals surface area contributed by atoms with Gasteiger partial charge in [0.05, 0.1) is 12.0 Å². The molecule has 2 nitrogen and oxygen atoms in total. The molecule has 0 amide bonds. The minimum Gasteiger partial charge on any atom is -0.298 e. The molecule has 0 aromatic heterocycles. The first-order valence-corrected chi connectivity index (χ1v) is 9.35. The summed E-state index contributed by atoms with van der Waals surface area (Å²) in [5.41, 5.74) is 0.362. The van der Waals surface area contributed by atoms with Crippen LogP contribution in [0.5, 0.6) is 0 Å². The predicted octanol–water partition coefficient (Wildman–Crippen LogP) is 4.41. The lowest BCUT2D eigenvalue weighted by Crippen LogP contribution is -2.49. The van der Waals surface area contributed by atoms with Gasteiger partial charge in [-0.05, 0) is 50.3 Å². The van der Waals surface area contributed by atoms with Crippen LogP contribution < -0.4 is 0 Å². The normalized spacial score (nSPS) is 29.2. The molecule has 1 rings (SSSR count). The van der Waals surface area contributed by atoms with Crippen LogP contribution in [0.25, 0.3) is 0 Å². The minimum atomic E-state index is 0.217. The van der Waals surface area contributed by atoms with E-state index in [0.29, 0.717) is 17.5 Å². The molecule has 0 bridgehead atoms. The summed E-state index contributed by atoms with van der Waals surface area (Å²) in [6.45, 7) is 9.31. The summed E-state index contributed by atoms with van der Waals surface area (Å²) in [6, 6.07) is 3.62. The van der Waals surface area contributed by atoms with Crippen molar-refractivity contribution in [3.8, 4) is 6.07 Å². The molecule has 0 heterocycles. The maximum Gasteiger partial charge on any atom is 0.0672 e. The van der Waals surface area contributed by atoms with Crippen LogP contribution in [0.1, 0.15) is 53.4 Å².